The Balaban J connectivity index is 1.45. The van der Waals surface area contributed by atoms with Gasteiger partial charge in [-0.1, -0.05) is 68.1 Å². The molecule has 0 N–H and O–H groups in total. The average molecular weight is 509 g/mol. The molecule has 0 radical (unpaired) electrons. The second-order valence-corrected chi connectivity index (χ2v) is 12.8. The Bertz CT molecular complexity index is 1270. The van der Waals surface area contributed by atoms with Crippen molar-refractivity contribution in [3.63, 3.8) is 0 Å². The first-order valence-electron chi connectivity index (χ1n) is 12.4. The van der Waals surface area contributed by atoms with Gasteiger partial charge in [-0.2, -0.15) is 4.31 Å². The van der Waals surface area contributed by atoms with Crippen LogP contribution < -0.4 is 0 Å². The summed E-state index contributed by atoms with van der Waals surface area (Å²) in [6.45, 7) is 6.13. The molecule has 5 nitrogen and oxygen atoms in total. The van der Waals surface area contributed by atoms with E-state index < -0.39 is 10.0 Å². The van der Waals surface area contributed by atoms with Crippen molar-refractivity contribution >= 4 is 33.3 Å². The smallest absolute Gasteiger partial charge is 0.243 e. The van der Waals surface area contributed by atoms with Crippen molar-refractivity contribution in [2.75, 3.05) is 19.6 Å². The fraction of sp³-hybridized carbons (Fsp3) is 0.393. The van der Waals surface area contributed by atoms with Gasteiger partial charge in [-0.25, -0.2) is 8.42 Å². The summed E-state index contributed by atoms with van der Waals surface area (Å²) in [6, 6.07) is 16.9. The number of hydrogen-bond donors (Lipinski definition) is 0. The molecule has 3 aliphatic heterocycles. The molecule has 0 saturated carbocycles. The Morgan fingerprint density at radius 3 is 2.46 bits per heavy atom. The Morgan fingerprint density at radius 2 is 1.71 bits per heavy atom. The van der Waals surface area contributed by atoms with Gasteiger partial charge in [0.2, 0.25) is 10.0 Å². The Labute approximate surface area is 212 Å². The van der Waals surface area contributed by atoms with Crippen molar-refractivity contribution in [3.05, 3.63) is 81.7 Å². The number of nitrogens with zero attached hydrogens (tertiary/aromatic N) is 2. The van der Waals surface area contributed by atoms with Gasteiger partial charge in [0.15, 0.2) is 5.78 Å². The van der Waals surface area contributed by atoms with Gasteiger partial charge >= 0.3 is 0 Å². The lowest BCUT2D eigenvalue weighted by atomic mass is 9.94. The third-order valence-electron chi connectivity index (χ3n) is 7.05. The summed E-state index contributed by atoms with van der Waals surface area (Å²) in [4.78, 5) is 16.2. The van der Waals surface area contributed by atoms with Crippen LogP contribution in [0, 0.1) is 11.8 Å². The molecule has 0 amide bonds. The Morgan fingerprint density at radius 1 is 0.971 bits per heavy atom. The molecule has 2 aromatic carbocycles. The van der Waals surface area contributed by atoms with Crippen LogP contribution in [0.5, 0.6) is 0 Å². The predicted octanol–water partition coefficient (Wildman–Crippen LogP) is 5.98. The number of piperidine rings is 1. The van der Waals surface area contributed by atoms with Crippen LogP contribution in [0.3, 0.4) is 0 Å². The van der Waals surface area contributed by atoms with Gasteiger partial charge < -0.3 is 4.90 Å². The van der Waals surface area contributed by atoms with Gasteiger partial charge in [0, 0.05) is 36.2 Å². The second-order valence-electron chi connectivity index (χ2n) is 10.0. The first-order valence-corrected chi connectivity index (χ1v) is 14.7. The standard InChI is InChI=1S/C28H32N2O3S2/c1-20-15-21(2)18-29(17-20)35(32,33)24-12-8-11-23(16-24)27(31)25-13-6-7-14-30-26(19-34-28(25)30)22-9-4-3-5-10-22/h3-5,8-12,16,19-21H,6-7,13-15,17-18H2,1-2H3. The van der Waals surface area contributed by atoms with E-state index in [9.17, 15) is 13.2 Å². The highest BCUT2D eigenvalue weighted by atomic mass is 32.2. The lowest BCUT2D eigenvalue weighted by Crippen LogP contribution is -2.42. The quantitative estimate of drug-likeness (QED) is 0.465. The molecule has 0 aliphatic carbocycles. The monoisotopic (exact) mass is 508 g/mol. The number of benzene rings is 2. The molecule has 5 rings (SSSR count). The highest BCUT2D eigenvalue weighted by Gasteiger charge is 2.33. The van der Waals surface area contributed by atoms with Crippen LogP contribution in [0.25, 0.3) is 5.70 Å². The molecule has 2 aromatic rings. The Hall–Kier alpha value is -2.35. The lowest BCUT2D eigenvalue weighted by Gasteiger charge is -2.34. The normalized spacial score (nSPS) is 23.6. The zero-order valence-corrected chi connectivity index (χ0v) is 21.9. The molecule has 0 aromatic heterocycles. The molecule has 7 heteroatoms. The van der Waals surface area contributed by atoms with Crippen molar-refractivity contribution in [2.45, 2.75) is 44.4 Å². The van der Waals surface area contributed by atoms with Crippen LogP contribution in [-0.4, -0.2) is 43.0 Å². The second kappa shape index (κ2) is 9.96. The van der Waals surface area contributed by atoms with Crippen molar-refractivity contribution in [1.29, 1.82) is 0 Å². The fourth-order valence-corrected chi connectivity index (χ4v) is 8.32. The Kier molecular flexibility index (Phi) is 6.93. The minimum atomic E-state index is -3.64. The molecular weight excluding hydrogens is 476 g/mol. The van der Waals surface area contributed by atoms with Crippen LogP contribution in [0.1, 0.15) is 55.5 Å². The summed E-state index contributed by atoms with van der Waals surface area (Å²) in [7, 11) is -3.64. The first kappa shape index (κ1) is 24.3. The summed E-state index contributed by atoms with van der Waals surface area (Å²) in [5, 5.41) is 3.11. The van der Waals surface area contributed by atoms with E-state index in [1.807, 2.05) is 18.2 Å². The van der Waals surface area contributed by atoms with E-state index in [-0.39, 0.29) is 10.7 Å². The minimum Gasteiger partial charge on any atom is -0.335 e. The number of carbonyl (C=O) groups is 1. The minimum absolute atomic E-state index is 0.0699. The SMILES string of the molecule is CC1CC(C)CN(S(=O)(=O)c2cccc(C(=O)C3=C4SC=C(c5ccccc5)N4CCCC3)c2)C1. The number of hydrogen-bond acceptors (Lipinski definition) is 5. The summed E-state index contributed by atoms with van der Waals surface area (Å²) < 4.78 is 28.5. The van der Waals surface area contributed by atoms with E-state index >= 15 is 0 Å². The number of thioether (sulfide) groups is 1. The number of fused-ring (bicyclic) bond motifs is 1. The third kappa shape index (κ3) is 4.86. The zero-order chi connectivity index (χ0) is 24.6. The molecule has 2 atom stereocenters. The highest BCUT2D eigenvalue weighted by molar-refractivity contribution is 8.06. The van der Waals surface area contributed by atoms with E-state index in [1.54, 1.807) is 40.3 Å². The maximum absolute atomic E-state index is 13.8. The maximum atomic E-state index is 13.8. The van der Waals surface area contributed by atoms with Crippen LogP contribution in [0.4, 0.5) is 0 Å². The van der Waals surface area contributed by atoms with Crippen molar-refractivity contribution in [3.8, 4) is 0 Å². The van der Waals surface area contributed by atoms with Gasteiger partial charge in [-0.05, 0) is 55.2 Å². The van der Waals surface area contributed by atoms with Gasteiger partial charge in [0.1, 0.15) is 0 Å². The van der Waals surface area contributed by atoms with Crippen LogP contribution >= 0.6 is 11.8 Å². The van der Waals surface area contributed by atoms with Gasteiger partial charge in [0.05, 0.1) is 15.6 Å². The first-order chi connectivity index (χ1) is 16.8. The zero-order valence-electron chi connectivity index (χ0n) is 20.3. The number of allylic oxidation sites excluding steroid dienone is 1. The number of carbonyl (C=O) groups excluding carboxylic acids is 1. The fourth-order valence-electron chi connectivity index (χ4n) is 5.45. The van der Waals surface area contributed by atoms with E-state index in [2.05, 4.69) is 36.3 Å². The molecule has 1 saturated heterocycles. The van der Waals surface area contributed by atoms with Crippen LogP contribution in [0.2, 0.25) is 0 Å². The summed E-state index contributed by atoms with van der Waals surface area (Å²) in [5.74, 6) is 0.584. The summed E-state index contributed by atoms with van der Waals surface area (Å²) in [5.41, 5.74) is 3.50. The van der Waals surface area contributed by atoms with Gasteiger partial charge in [0.25, 0.3) is 0 Å². The van der Waals surface area contributed by atoms with Crippen molar-refractivity contribution < 1.29 is 13.2 Å². The molecule has 184 valence electrons. The molecule has 3 heterocycles. The average Bonchev–Trinajstić information content (AvgIpc) is 3.16. The number of rotatable bonds is 5. The van der Waals surface area contributed by atoms with E-state index in [0.29, 0.717) is 36.9 Å². The van der Waals surface area contributed by atoms with Crippen LogP contribution in [0.15, 0.2) is 75.5 Å². The number of ketones is 1. The summed E-state index contributed by atoms with van der Waals surface area (Å²) in [6.07, 6.45) is 3.68. The van der Waals surface area contributed by atoms with Crippen molar-refractivity contribution in [1.82, 2.24) is 9.21 Å². The van der Waals surface area contributed by atoms with E-state index in [4.69, 9.17) is 0 Å². The topological polar surface area (TPSA) is 57.7 Å². The lowest BCUT2D eigenvalue weighted by molar-refractivity contribution is 0.102. The van der Waals surface area contributed by atoms with Gasteiger partial charge in [-0.3, -0.25) is 4.79 Å². The molecule has 0 bridgehead atoms. The number of Topliss-reactive ketones (excluding diaryl/α,β-unsaturated/α-hetero) is 1. The van der Waals surface area contributed by atoms with Crippen molar-refractivity contribution in [2.24, 2.45) is 11.8 Å². The molecule has 35 heavy (non-hydrogen) atoms. The third-order valence-corrected chi connectivity index (χ3v) is 9.91. The maximum Gasteiger partial charge on any atom is 0.243 e. The number of sulfonamides is 1. The van der Waals surface area contributed by atoms with E-state index in [1.165, 1.54) is 0 Å². The predicted molar refractivity (Wildman–Crippen MR) is 142 cm³/mol. The van der Waals surface area contributed by atoms with Crippen LogP contribution in [-0.2, 0) is 10.0 Å². The van der Waals surface area contributed by atoms with Gasteiger partial charge in [-0.15, -0.1) is 0 Å². The molecule has 0 spiro atoms. The van der Waals surface area contributed by atoms with E-state index in [0.717, 1.165) is 47.7 Å². The summed E-state index contributed by atoms with van der Waals surface area (Å²) >= 11 is 1.60. The largest absolute Gasteiger partial charge is 0.335 e. The molecule has 3 aliphatic rings. The molecule has 1 fully saturated rings. The molecule has 2 unspecified atom stereocenters. The molecular formula is C28H32N2O3S2. The highest BCUT2D eigenvalue weighted by Crippen LogP contribution is 2.44.